The van der Waals surface area contributed by atoms with Crippen LogP contribution < -0.4 is 5.32 Å². The van der Waals surface area contributed by atoms with Crippen LogP contribution in [0.2, 0.25) is 0 Å². The zero-order valence-corrected chi connectivity index (χ0v) is 13.6. The van der Waals surface area contributed by atoms with E-state index in [9.17, 15) is 0 Å². The molecule has 1 N–H and O–H groups in total. The van der Waals surface area contributed by atoms with Gasteiger partial charge in [-0.3, -0.25) is 4.68 Å². The Labute approximate surface area is 123 Å². The van der Waals surface area contributed by atoms with Gasteiger partial charge in [-0.05, 0) is 33.2 Å². The van der Waals surface area contributed by atoms with Crippen LogP contribution in [-0.2, 0) is 17.7 Å². The minimum absolute atomic E-state index is 0.130. The Hall–Kier alpha value is -0.940. The van der Waals surface area contributed by atoms with Gasteiger partial charge in [-0.25, -0.2) is 4.98 Å². The van der Waals surface area contributed by atoms with Crippen LogP contribution in [-0.4, -0.2) is 39.6 Å². The summed E-state index contributed by atoms with van der Waals surface area (Å²) in [6, 6.07) is 0.261. The molecule has 0 saturated heterocycles. The molecule has 1 aromatic heterocycles. The molecule has 20 heavy (non-hydrogen) atoms. The number of nitrogens with one attached hydrogen (secondary N) is 1. The quantitative estimate of drug-likeness (QED) is 0.716. The first-order valence-electron chi connectivity index (χ1n) is 7.91. The topological polar surface area (TPSA) is 52.0 Å². The molecule has 116 valence electrons. The largest absolute Gasteiger partial charge is 0.374 e. The summed E-state index contributed by atoms with van der Waals surface area (Å²) in [5.74, 6) is 1.03. The first-order valence-corrected chi connectivity index (χ1v) is 7.91. The van der Waals surface area contributed by atoms with Gasteiger partial charge in [-0.1, -0.05) is 20.8 Å². The Kier molecular flexibility index (Phi) is 7.16. The Morgan fingerprint density at radius 2 is 1.95 bits per heavy atom. The molecule has 1 heterocycles. The molecule has 1 unspecified atom stereocenters. The van der Waals surface area contributed by atoms with Crippen molar-refractivity contribution < 1.29 is 4.74 Å². The molecule has 5 heteroatoms. The predicted molar refractivity (Wildman–Crippen MR) is 81.8 cm³/mol. The van der Waals surface area contributed by atoms with Crippen molar-refractivity contribution in [2.75, 3.05) is 13.2 Å². The number of likely N-dealkylation sites (N-methyl/N-ethyl adjacent to an activating group) is 1. The summed E-state index contributed by atoms with van der Waals surface area (Å²) < 4.78 is 8.11. The summed E-state index contributed by atoms with van der Waals surface area (Å²) in [5, 5.41) is 7.86. The van der Waals surface area contributed by atoms with Gasteiger partial charge in [0.2, 0.25) is 0 Å². The SMILES string of the molecule is CCNC(Cc1ncnn1CC)C(CC)(CC)OCC. The van der Waals surface area contributed by atoms with Gasteiger partial charge in [0.05, 0.1) is 5.60 Å². The standard InChI is InChI=1S/C15H30N4O/c1-6-15(7-2,20-10-5)13(16-8-3)11-14-17-12-18-19(14)9-4/h12-13,16H,6-11H2,1-5H3. The molecule has 1 aromatic rings. The number of rotatable bonds is 10. The maximum atomic E-state index is 6.14. The van der Waals surface area contributed by atoms with Gasteiger partial charge in [0, 0.05) is 25.6 Å². The van der Waals surface area contributed by atoms with Gasteiger partial charge in [0.25, 0.3) is 0 Å². The van der Waals surface area contributed by atoms with Crippen LogP contribution in [0.15, 0.2) is 6.33 Å². The third-order valence-electron chi connectivity index (χ3n) is 4.10. The van der Waals surface area contributed by atoms with Crippen LogP contribution >= 0.6 is 0 Å². The van der Waals surface area contributed by atoms with E-state index in [1.807, 2.05) is 4.68 Å². The monoisotopic (exact) mass is 282 g/mol. The van der Waals surface area contributed by atoms with Crippen LogP contribution in [0.25, 0.3) is 0 Å². The van der Waals surface area contributed by atoms with E-state index in [2.05, 4.69) is 50.0 Å². The normalized spacial score (nSPS) is 13.7. The Morgan fingerprint density at radius 1 is 1.25 bits per heavy atom. The van der Waals surface area contributed by atoms with Gasteiger partial charge < -0.3 is 10.1 Å². The highest BCUT2D eigenvalue weighted by Crippen LogP contribution is 2.27. The molecule has 1 rings (SSSR count). The van der Waals surface area contributed by atoms with E-state index in [-0.39, 0.29) is 11.6 Å². The van der Waals surface area contributed by atoms with Gasteiger partial charge in [0.15, 0.2) is 0 Å². The number of hydrogen-bond acceptors (Lipinski definition) is 4. The number of aryl methyl sites for hydroxylation is 1. The van der Waals surface area contributed by atoms with Crippen LogP contribution in [0, 0.1) is 0 Å². The second-order valence-corrected chi connectivity index (χ2v) is 5.01. The second kappa shape index (κ2) is 8.37. The highest BCUT2D eigenvalue weighted by molar-refractivity contribution is 4.99. The number of hydrogen-bond donors (Lipinski definition) is 1. The molecule has 0 saturated carbocycles. The van der Waals surface area contributed by atoms with E-state index in [1.165, 1.54) is 0 Å². The summed E-state index contributed by atoms with van der Waals surface area (Å²) in [6.45, 7) is 13.2. The van der Waals surface area contributed by atoms with Gasteiger partial charge >= 0.3 is 0 Å². The predicted octanol–water partition coefficient (Wildman–Crippen LogP) is 2.41. The lowest BCUT2D eigenvalue weighted by Crippen LogP contribution is -2.53. The molecule has 0 aliphatic heterocycles. The molecule has 0 aliphatic carbocycles. The lowest BCUT2D eigenvalue weighted by atomic mass is 9.85. The fourth-order valence-corrected chi connectivity index (χ4v) is 2.92. The second-order valence-electron chi connectivity index (χ2n) is 5.01. The highest BCUT2D eigenvalue weighted by Gasteiger charge is 2.36. The lowest BCUT2D eigenvalue weighted by molar-refractivity contribution is -0.0721. The third kappa shape index (κ3) is 3.79. The van der Waals surface area contributed by atoms with E-state index in [1.54, 1.807) is 6.33 Å². The van der Waals surface area contributed by atoms with Crippen molar-refractivity contribution in [3.8, 4) is 0 Å². The molecule has 1 atom stereocenters. The average Bonchev–Trinajstić information content (AvgIpc) is 2.92. The molecular formula is C15H30N4O. The van der Waals surface area contributed by atoms with Crippen LogP contribution in [0.5, 0.6) is 0 Å². The Balaban J connectivity index is 2.96. The summed E-state index contributed by atoms with van der Waals surface area (Å²) in [6.07, 6.45) is 4.48. The smallest absolute Gasteiger partial charge is 0.138 e. The molecule has 0 aromatic carbocycles. The van der Waals surface area contributed by atoms with Crippen molar-refractivity contribution in [3.63, 3.8) is 0 Å². The van der Waals surface area contributed by atoms with Crippen molar-refractivity contribution in [2.45, 2.75) is 72.1 Å². The molecule has 0 fully saturated rings. The fourth-order valence-electron chi connectivity index (χ4n) is 2.92. The highest BCUT2D eigenvalue weighted by atomic mass is 16.5. The minimum Gasteiger partial charge on any atom is -0.374 e. The third-order valence-corrected chi connectivity index (χ3v) is 4.10. The van der Waals surface area contributed by atoms with Crippen molar-refractivity contribution in [3.05, 3.63) is 12.2 Å². The molecule has 0 radical (unpaired) electrons. The molecule has 0 bridgehead atoms. The maximum Gasteiger partial charge on any atom is 0.138 e. The van der Waals surface area contributed by atoms with Crippen molar-refractivity contribution >= 4 is 0 Å². The Bertz CT molecular complexity index is 374. The van der Waals surface area contributed by atoms with E-state index in [4.69, 9.17) is 4.74 Å². The number of nitrogens with zero attached hydrogens (tertiary/aromatic N) is 3. The fraction of sp³-hybridized carbons (Fsp3) is 0.867. The van der Waals surface area contributed by atoms with Crippen molar-refractivity contribution in [1.29, 1.82) is 0 Å². The van der Waals surface area contributed by atoms with Crippen molar-refractivity contribution in [1.82, 2.24) is 20.1 Å². The maximum absolute atomic E-state index is 6.14. The molecule has 5 nitrogen and oxygen atoms in total. The minimum atomic E-state index is -0.130. The zero-order chi connectivity index (χ0) is 15.0. The van der Waals surface area contributed by atoms with E-state index in [0.29, 0.717) is 0 Å². The van der Waals surface area contributed by atoms with E-state index >= 15 is 0 Å². The van der Waals surface area contributed by atoms with Gasteiger partial charge in [-0.15, -0.1) is 0 Å². The van der Waals surface area contributed by atoms with E-state index in [0.717, 1.165) is 44.8 Å². The average molecular weight is 282 g/mol. The van der Waals surface area contributed by atoms with Gasteiger partial charge in [-0.2, -0.15) is 5.10 Å². The molecule has 0 spiro atoms. The summed E-state index contributed by atoms with van der Waals surface area (Å²) >= 11 is 0. The van der Waals surface area contributed by atoms with E-state index < -0.39 is 0 Å². The lowest BCUT2D eigenvalue weighted by Gasteiger charge is -2.39. The van der Waals surface area contributed by atoms with Gasteiger partial charge in [0.1, 0.15) is 12.2 Å². The summed E-state index contributed by atoms with van der Waals surface area (Å²) in [4.78, 5) is 4.41. The number of aromatic nitrogens is 3. The Morgan fingerprint density at radius 3 is 2.45 bits per heavy atom. The molecule has 0 amide bonds. The molecule has 0 aliphatic rings. The van der Waals surface area contributed by atoms with Crippen LogP contribution in [0.1, 0.15) is 53.3 Å². The summed E-state index contributed by atoms with van der Waals surface area (Å²) in [7, 11) is 0. The first-order chi connectivity index (χ1) is 9.67. The van der Waals surface area contributed by atoms with Crippen LogP contribution in [0.3, 0.4) is 0 Å². The van der Waals surface area contributed by atoms with Crippen molar-refractivity contribution in [2.24, 2.45) is 0 Å². The van der Waals surface area contributed by atoms with Crippen LogP contribution in [0.4, 0.5) is 0 Å². The molecular weight excluding hydrogens is 252 g/mol. The zero-order valence-electron chi connectivity index (χ0n) is 13.6. The summed E-state index contributed by atoms with van der Waals surface area (Å²) in [5.41, 5.74) is -0.130. The number of ether oxygens (including phenoxy) is 1. The first kappa shape index (κ1) is 17.1.